The average molecular weight is 379 g/mol. The first-order valence-electron chi connectivity index (χ1n) is 8.15. The van der Waals surface area contributed by atoms with E-state index in [1.807, 2.05) is 13.8 Å². The third-order valence-corrected chi connectivity index (χ3v) is 4.83. The van der Waals surface area contributed by atoms with E-state index in [1.54, 1.807) is 19.9 Å². The summed E-state index contributed by atoms with van der Waals surface area (Å²) >= 11 is 1.30. The van der Waals surface area contributed by atoms with E-state index in [0.29, 0.717) is 16.3 Å². The highest BCUT2D eigenvalue weighted by Gasteiger charge is 2.21. The molecule has 0 unspecified atom stereocenters. The second-order valence-corrected chi connectivity index (χ2v) is 6.87. The molecule has 0 aromatic carbocycles. The Balaban J connectivity index is 2.04. The molecule has 2 aromatic heterocycles. The van der Waals surface area contributed by atoms with Gasteiger partial charge >= 0.3 is 11.9 Å². The molecule has 2 heterocycles. The van der Waals surface area contributed by atoms with Crippen molar-refractivity contribution in [2.24, 2.45) is 0 Å². The summed E-state index contributed by atoms with van der Waals surface area (Å²) in [4.78, 5) is 37.0. The molecule has 0 radical (unpaired) electrons. The molecule has 1 N–H and O–H groups in total. The summed E-state index contributed by atoms with van der Waals surface area (Å²) in [7, 11) is 0. The fraction of sp³-hybridized carbons (Fsp3) is 0.389. The van der Waals surface area contributed by atoms with Gasteiger partial charge in [0.1, 0.15) is 16.3 Å². The van der Waals surface area contributed by atoms with Crippen molar-refractivity contribution < 1.29 is 28.3 Å². The van der Waals surface area contributed by atoms with E-state index in [0.717, 1.165) is 4.88 Å². The second kappa shape index (κ2) is 8.66. The summed E-state index contributed by atoms with van der Waals surface area (Å²) < 4.78 is 15.0. The monoisotopic (exact) mass is 379 g/mol. The van der Waals surface area contributed by atoms with E-state index >= 15 is 0 Å². The van der Waals surface area contributed by atoms with Crippen LogP contribution in [-0.2, 0) is 14.3 Å². The van der Waals surface area contributed by atoms with Crippen LogP contribution in [0.2, 0.25) is 0 Å². The Morgan fingerprint density at radius 1 is 1.19 bits per heavy atom. The van der Waals surface area contributed by atoms with E-state index in [9.17, 15) is 14.4 Å². The van der Waals surface area contributed by atoms with Crippen LogP contribution in [0.4, 0.5) is 5.00 Å². The second-order valence-electron chi connectivity index (χ2n) is 5.78. The van der Waals surface area contributed by atoms with Crippen LogP contribution in [0.3, 0.4) is 0 Å². The Morgan fingerprint density at radius 2 is 1.88 bits per heavy atom. The molecule has 0 aliphatic heterocycles. The van der Waals surface area contributed by atoms with Crippen molar-refractivity contribution >= 4 is 34.2 Å². The van der Waals surface area contributed by atoms with Crippen molar-refractivity contribution in [3.63, 3.8) is 0 Å². The quantitative estimate of drug-likeness (QED) is 0.736. The van der Waals surface area contributed by atoms with Gasteiger partial charge in [-0.2, -0.15) is 0 Å². The van der Waals surface area contributed by atoms with E-state index < -0.39 is 24.5 Å². The van der Waals surface area contributed by atoms with Crippen molar-refractivity contribution in [3.8, 4) is 0 Å². The van der Waals surface area contributed by atoms with E-state index in [-0.39, 0.29) is 18.1 Å². The third kappa shape index (κ3) is 4.72. The zero-order chi connectivity index (χ0) is 19.3. The van der Waals surface area contributed by atoms with Gasteiger partial charge in [0.25, 0.3) is 5.91 Å². The van der Waals surface area contributed by atoms with Gasteiger partial charge in [-0.05, 0) is 31.9 Å². The zero-order valence-electron chi connectivity index (χ0n) is 15.1. The number of thiophene rings is 1. The van der Waals surface area contributed by atoms with E-state index in [2.05, 4.69) is 5.32 Å². The van der Waals surface area contributed by atoms with Crippen LogP contribution in [0.1, 0.15) is 58.0 Å². The largest absolute Gasteiger partial charge is 0.469 e. The Kier molecular flexibility index (Phi) is 6.57. The van der Waals surface area contributed by atoms with Crippen molar-refractivity contribution in [3.05, 3.63) is 40.2 Å². The van der Waals surface area contributed by atoms with Gasteiger partial charge in [-0.15, -0.1) is 11.3 Å². The van der Waals surface area contributed by atoms with Gasteiger partial charge in [0.05, 0.1) is 18.4 Å². The maximum Gasteiger partial charge on any atom is 0.342 e. The summed E-state index contributed by atoms with van der Waals surface area (Å²) in [5, 5.41) is 3.00. The van der Waals surface area contributed by atoms with Gasteiger partial charge in [0, 0.05) is 4.88 Å². The van der Waals surface area contributed by atoms with E-state index in [4.69, 9.17) is 13.9 Å². The third-order valence-electron chi connectivity index (χ3n) is 3.48. The molecule has 0 saturated heterocycles. The standard InChI is InChI=1S/C18H21NO6S/c1-5-23-18(22)13-8-14(10(2)3)26-16(13)19-15(20)9-25-17(21)12-6-7-24-11(12)4/h6-8,10H,5,9H2,1-4H3,(H,19,20). The molecule has 140 valence electrons. The molecule has 7 nitrogen and oxygen atoms in total. The van der Waals surface area contributed by atoms with Crippen molar-refractivity contribution in [2.75, 3.05) is 18.5 Å². The molecule has 2 aromatic rings. The fourth-order valence-electron chi connectivity index (χ4n) is 2.12. The maximum atomic E-state index is 12.1. The van der Waals surface area contributed by atoms with Gasteiger partial charge in [-0.1, -0.05) is 13.8 Å². The topological polar surface area (TPSA) is 94.8 Å². The lowest BCUT2D eigenvalue weighted by Crippen LogP contribution is -2.21. The van der Waals surface area contributed by atoms with Crippen LogP contribution in [-0.4, -0.2) is 31.1 Å². The van der Waals surface area contributed by atoms with Crippen LogP contribution in [0.25, 0.3) is 0 Å². The van der Waals surface area contributed by atoms with Crippen molar-refractivity contribution in [1.29, 1.82) is 0 Å². The SMILES string of the molecule is CCOC(=O)c1cc(C(C)C)sc1NC(=O)COC(=O)c1ccoc1C. The minimum atomic E-state index is -0.647. The summed E-state index contributed by atoms with van der Waals surface area (Å²) in [5.41, 5.74) is 0.564. The van der Waals surface area contributed by atoms with Crippen LogP contribution >= 0.6 is 11.3 Å². The number of hydrogen-bond acceptors (Lipinski definition) is 7. The molecule has 2 rings (SSSR count). The van der Waals surface area contributed by atoms with Gasteiger partial charge in [-0.25, -0.2) is 9.59 Å². The number of carbonyl (C=O) groups excluding carboxylic acids is 3. The van der Waals surface area contributed by atoms with Gasteiger partial charge in [0.15, 0.2) is 6.61 Å². The molecule has 0 bridgehead atoms. The average Bonchev–Trinajstić information content (AvgIpc) is 3.19. The number of esters is 2. The molecule has 1 amide bonds. The molecule has 0 spiro atoms. The molecule has 8 heteroatoms. The molecule has 0 fully saturated rings. The molecular formula is C18H21NO6S. The Bertz CT molecular complexity index is 804. The zero-order valence-corrected chi connectivity index (χ0v) is 15.9. The minimum Gasteiger partial charge on any atom is -0.469 e. The highest BCUT2D eigenvalue weighted by atomic mass is 32.1. The van der Waals surface area contributed by atoms with Gasteiger partial charge < -0.3 is 19.2 Å². The molecule has 0 atom stereocenters. The van der Waals surface area contributed by atoms with Crippen LogP contribution in [0, 0.1) is 6.92 Å². The lowest BCUT2D eigenvalue weighted by molar-refractivity contribution is -0.119. The number of rotatable bonds is 7. The lowest BCUT2D eigenvalue weighted by Gasteiger charge is -2.07. The predicted molar refractivity (Wildman–Crippen MR) is 96.7 cm³/mol. The number of amides is 1. The molecule has 0 aliphatic rings. The number of ether oxygens (including phenoxy) is 2. The molecule has 26 heavy (non-hydrogen) atoms. The van der Waals surface area contributed by atoms with Crippen LogP contribution in [0.15, 0.2) is 22.8 Å². The predicted octanol–water partition coefficient (Wildman–Crippen LogP) is 3.75. The number of anilines is 1. The molecule has 0 saturated carbocycles. The van der Waals surface area contributed by atoms with Crippen LogP contribution in [0.5, 0.6) is 0 Å². The maximum absolute atomic E-state index is 12.1. The van der Waals surface area contributed by atoms with Gasteiger partial charge in [0.2, 0.25) is 0 Å². The highest BCUT2D eigenvalue weighted by molar-refractivity contribution is 7.16. The molecule has 0 aliphatic carbocycles. The Hall–Kier alpha value is -2.61. The normalized spacial score (nSPS) is 10.7. The fourth-order valence-corrected chi connectivity index (χ4v) is 3.18. The van der Waals surface area contributed by atoms with Crippen molar-refractivity contribution in [2.45, 2.75) is 33.6 Å². The highest BCUT2D eigenvalue weighted by Crippen LogP contribution is 2.33. The Labute approximate surface area is 155 Å². The summed E-state index contributed by atoms with van der Waals surface area (Å²) in [5.74, 6) is -1.08. The first-order chi connectivity index (χ1) is 12.3. The first kappa shape index (κ1) is 19.7. The van der Waals surface area contributed by atoms with E-state index in [1.165, 1.54) is 23.7 Å². The lowest BCUT2D eigenvalue weighted by atomic mass is 10.1. The summed E-state index contributed by atoms with van der Waals surface area (Å²) in [6.07, 6.45) is 1.37. The summed E-state index contributed by atoms with van der Waals surface area (Å²) in [6.45, 7) is 7.08. The number of furan rings is 1. The van der Waals surface area contributed by atoms with Crippen molar-refractivity contribution in [1.82, 2.24) is 0 Å². The first-order valence-corrected chi connectivity index (χ1v) is 8.97. The smallest absolute Gasteiger partial charge is 0.342 e. The molecular weight excluding hydrogens is 358 g/mol. The van der Waals surface area contributed by atoms with Crippen LogP contribution < -0.4 is 5.32 Å². The minimum absolute atomic E-state index is 0.195. The summed E-state index contributed by atoms with van der Waals surface area (Å²) in [6, 6.07) is 3.19. The number of nitrogens with one attached hydrogen (secondary N) is 1. The number of hydrogen-bond donors (Lipinski definition) is 1. The Morgan fingerprint density at radius 3 is 2.46 bits per heavy atom. The number of aryl methyl sites for hydroxylation is 1. The number of carbonyl (C=O) groups is 3. The van der Waals surface area contributed by atoms with Gasteiger partial charge in [-0.3, -0.25) is 4.79 Å².